The van der Waals surface area contributed by atoms with Crippen LogP contribution in [-0.2, 0) is 19.6 Å². The van der Waals surface area contributed by atoms with E-state index in [0.29, 0.717) is 41.8 Å². The van der Waals surface area contributed by atoms with Crippen molar-refractivity contribution in [3.8, 4) is 11.5 Å². The van der Waals surface area contributed by atoms with Gasteiger partial charge in [0.25, 0.3) is 5.91 Å². The second-order valence-electron chi connectivity index (χ2n) is 11.8. The minimum Gasteiger partial charge on any atom is -1.00 e. The van der Waals surface area contributed by atoms with Gasteiger partial charge in [-0.25, -0.2) is 4.57 Å². The van der Waals surface area contributed by atoms with E-state index in [2.05, 4.69) is 42.9 Å². The number of ether oxygens (including phenoxy) is 2. The first-order valence-corrected chi connectivity index (χ1v) is 17.3. The number of carbonyl (C=O) groups excluding carboxylic acids is 1. The minimum atomic E-state index is -0.0976. The Morgan fingerprint density at radius 1 is 0.756 bits per heavy atom. The lowest BCUT2D eigenvalue weighted by Crippen LogP contribution is -3.00. The fraction of sp³-hybridized carbons (Fsp3) is 0.526. The van der Waals surface area contributed by atoms with Gasteiger partial charge in [-0.3, -0.25) is 4.79 Å². The smallest absolute Gasteiger partial charge is 0.258 e. The summed E-state index contributed by atoms with van der Waals surface area (Å²) in [6.45, 7) is 6.84. The maximum atomic E-state index is 14.0. The molecule has 0 bridgehead atoms. The Bertz CT molecular complexity index is 1240. The molecule has 0 aliphatic heterocycles. The molecule has 0 spiro atoms. The average Bonchev–Trinajstić information content (AvgIpc) is 3.04. The van der Waals surface area contributed by atoms with Crippen LogP contribution in [0.3, 0.4) is 0 Å². The van der Waals surface area contributed by atoms with Crippen LogP contribution in [0.15, 0.2) is 67.0 Å². The van der Waals surface area contributed by atoms with E-state index in [0.717, 1.165) is 36.9 Å². The first-order valence-electron chi connectivity index (χ1n) is 16.9. The number of aromatic nitrogens is 1. The van der Waals surface area contributed by atoms with Crippen molar-refractivity contribution in [2.75, 3.05) is 13.7 Å². The normalized spacial score (nSPS) is 10.8. The molecule has 0 saturated heterocycles. The van der Waals surface area contributed by atoms with Gasteiger partial charge in [0.15, 0.2) is 12.4 Å². The first kappa shape index (κ1) is 38.9. The Kier molecular flexibility index (Phi) is 19.9. The number of benzene rings is 2. The van der Waals surface area contributed by atoms with Gasteiger partial charge in [-0.05, 0) is 30.2 Å². The number of para-hydroxylation sites is 2. The summed E-state index contributed by atoms with van der Waals surface area (Å²) in [5, 5.41) is 0.575. The number of halogens is 2. The zero-order chi connectivity index (χ0) is 31.4. The van der Waals surface area contributed by atoms with Gasteiger partial charge in [-0.1, -0.05) is 120 Å². The van der Waals surface area contributed by atoms with Crippen molar-refractivity contribution in [3.63, 3.8) is 0 Å². The zero-order valence-corrected chi connectivity index (χ0v) is 30.7. The molecule has 0 aliphatic carbocycles. The van der Waals surface area contributed by atoms with Crippen LogP contribution in [0.2, 0.25) is 5.02 Å². The maximum Gasteiger partial charge on any atom is 0.258 e. The molecule has 3 rings (SSSR count). The number of hydrogen-bond acceptors (Lipinski definition) is 3. The van der Waals surface area contributed by atoms with Gasteiger partial charge in [0.05, 0.1) is 30.8 Å². The number of methoxy groups -OCH3 is 1. The summed E-state index contributed by atoms with van der Waals surface area (Å²) in [6.07, 6.45) is 20.8. The van der Waals surface area contributed by atoms with Crippen molar-refractivity contribution in [2.24, 2.45) is 0 Å². The third kappa shape index (κ3) is 13.9. The van der Waals surface area contributed by atoms with Crippen LogP contribution in [0.25, 0.3) is 0 Å². The molecule has 1 aromatic heterocycles. The van der Waals surface area contributed by atoms with E-state index < -0.39 is 0 Å². The number of rotatable bonds is 22. The SMILES string of the molecule is CCCCCCCCCCCCCCOc1c(Cl)cccc1CN(Cc1cc[n+](CCC)cc1)C(=O)c1ccccc1OC.[I-]. The highest BCUT2D eigenvalue weighted by molar-refractivity contribution is 6.32. The van der Waals surface area contributed by atoms with E-state index in [1.165, 1.54) is 64.2 Å². The van der Waals surface area contributed by atoms with Crippen molar-refractivity contribution in [1.29, 1.82) is 0 Å². The van der Waals surface area contributed by atoms with Crippen LogP contribution in [0.5, 0.6) is 11.5 Å². The largest absolute Gasteiger partial charge is 1.00 e. The van der Waals surface area contributed by atoms with Crippen molar-refractivity contribution < 1.29 is 42.8 Å². The number of carbonyl (C=O) groups is 1. The molecule has 0 atom stereocenters. The lowest BCUT2D eigenvalue weighted by atomic mass is 10.1. The summed E-state index contributed by atoms with van der Waals surface area (Å²) in [7, 11) is 1.60. The zero-order valence-electron chi connectivity index (χ0n) is 27.7. The molecule has 0 fully saturated rings. The number of nitrogens with zero attached hydrogens (tertiary/aromatic N) is 2. The molecule has 7 heteroatoms. The van der Waals surface area contributed by atoms with Gasteiger partial charge in [0, 0.05) is 30.7 Å². The second kappa shape index (κ2) is 23.1. The summed E-state index contributed by atoms with van der Waals surface area (Å²) in [6, 6.07) is 17.3. The van der Waals surface area contributed by atoms with Crippen LogP contribution < -0.4 is 38.0 Å². The molecule has 3 aromatic rings. The van der Waals surface area contributed by atoms with Crippen LogP contribution >= 0.6 is 11.6 Å². The Morgan fingerprint density at radius 3 is 2.00 bits per heavy atom. The van der Waals surface area contributed by atoms with E-state index in [1.54, 1.807) is 7.11 Å². The summed E-state index contributed by atoms with van der Waals surface area (Å²) >= 11 is 6.66. The summed E-state index contributed by atoms with van der Waals surface area (Å²) in [5.41, 5.74) is 2.49. The number of hydrogen-bond donors (Lipinski definition) is 0. The lowest BCUT2D eigenvalue weighted by molar-refractivity contribution is -0.697. The third-order valence-corrected chi connectivity index (χ3v) is 8.39. The Labute approximate surface area is 294 Å². The van der Waals surface area contributed by atoms with Crippen molar-refractivity contribution in [1.82, 2.24) is 4.90 Å². The Morgan fingerprint density at radius 2 is 1.38 bits per heavy atom. The average molecular weight is 749 g/mol. The second-order valence-corrected chi connectivity index (χ2v) is 12.2. The van der Waals surface area contributed by atoms with Gasteiger partial charge in [0.2, 0.25) is 0 Å². The van der Waals surface area contributed by atoms with E-state index in [1.807, 2.05) is 47.4 Å². The van der Waals surface area contributed by atoms with Gasteiger partial charge < -0.3 is 38.4 Å². The molecule has 0 saturated carbocycles. The number of aryl methyl sites for hydroxylation is 1. The van der Waals surface area contributed by atoms with E-state index in [-0.39, 0.29) is 29.9 Å². The van der Waals surface area contributed by atoms with Crippen LogP contribution in [0.4, 0.5) is 0 Å². The molecule has 45 heavy (non-hydrogen) atoms. The topological polar surface area (TPSA) is 42.7 Å². The van der Waals surface area contributed by atoms with Crippen molar-refractivity contribution >= 4 is 17.5 Å². The molecule has 248 valence electrons. The minimum absolute atomic E-state index is 0. The lowest BCUT2D eigenvalue weighted by Gasteiger charge is -2.25. The van der Waals surface area contributed by atoms with Gasteiger partial charge in [-0.2, -0.15) is 0 Å². The van der Waals surface area contributed by atoms with Crippen LogP contribution in [-0.4, -0.2) is 24.5 Å². The van der Waals surface area contributed by atoms with E-state index >= 15 is 0 Å². The molecule has 0 N–H and O–H groups in total. The van der Waals surface area contributed by atoms with Gasteiger partial charge >= 0.3 is 0 Å². The summed E-state index contributed by atoms with van der Waals surface area (Å²) < 4.78 is 14.0. The molecule has 1 heterocycles. The van der Waals surface area contributed by atoms with E-state index in [4.69, 9.17) is 21.1 Å². The monoisotopic (exact) mass is 748 g/mol. The molecule has 1 amide bonds. The van der Waals surface area contributed by atoms with Crippen LogP contribution in [0, 0.1) is 0 Å². The maximum absolute atomic E-state index is 14.0. The summed E-state index contributed by atoms with van der Waals surface area (Å²) in [4.78, 5) is 15.8. The molecule has 0 radical (unpaired) electrons. The standard InChI is InChI=1S/C38H54ClN2O3.HI/c1-4-6-7-8-9-10-11-12-13-14-15-18-29-44-37-33(20-19-22-35(37)39)31-41(30-32-24-27-40(26-5-2)28-25-32)38(42)34-21-16-17-23-36(34)43-3;/h16-17,19-25,27-28H,4-15,18,26,29-31H2,1-3H3;1H/q+1;/p-1. The third-order valence-electron chi connectivity index (χ3n) is 8.09. The van der Waals surface area contributed by atoms with Crippen LogP contribution in [0.1, 0.15) is 119 Å². The predicted molar refractivity (Wildman–Crippen MR) is 182 cm³/mol. The molecule has 2 aromatic carbocycles. The molecule has 0 unspecified atom stereocenters. The quantitative estimate of drug-likeness (QED) is 0.0634. The van der Waals surface area contributed by atoms with Crippen molar-refractivity contribution in [2.45, 2.75) is 117 Å². The molecule has 0 aliphatic rings. The molecular formula is C38H54ClIN2O3. The molecule has 5 nitrogen and oxygen atoms in total. The highest BCUT2D eigenvalue weighted by Gasteiger charge is 2.22. The predicted octanol–water partition coefficient (Wildman–Crippen LogP) is 6.97. The fourth-order valence-electron chi connectivity index (χ4n) is 5.58. The number of pyridine rings is 1. The highest BCUT2D eigenvalue weighted by Crippen LogP contribution is 2.31. The highest BCUT2D eigenvalue weighted by atomic mass is 127. The molecular weight excluding hydrogens is 695 g/mol. The Balaban J connectivity index is 0.00000705. The van der Waals surface area contributed by atoms with Gasteiger partial charge in [0.1, 0.15) is 18.0 Å². The fourth-order valence-corrected chi connectivity index (χ4v) is 5.82. The number of unbranched alkanes of at least 4 members (excludes halogenated alkanes) is 11. The Hall–Kier alpha value is -2.32. The van der Waals surface area contributed by atoms with E-state index in [9.17, 15) is 4.79 Å². The van der Waals surface area contributed by atoms with Crippen molar-refractivity contribution in [3.05, 3.63) is 88.7 Å². The number of amides is 1. The summed E-state index contributed by atoms with van der Waals surface area (Å²) in [5.74, 6) is 1.13. The first-order chi connectivity index (χ1) is 21.6. The van der Waals surface area contributed by atoms with Gasteiger partial charge in [-0.15, -0.1) is 0 Å².